The van der Waals surface area contributed by atoms with Crippen molar-refractivity contribution in [3.8, 4) is 0 Å². The minimum atomic E-state index is -1.26. The van der Waals surface area contributed by atoms with Crippen LogP contribution in [0.1, 0.15) is 43.7 Å². The molecule has 1 aliphatic carbocycles. The summed E-state index contributed by atoms with van der Waals surface area (Å²) in [5.74, 6) is -0.379. The highest BCUT2D eigenvalue weighted by atomic mass is 16.8. The lowest BCUT2D eigenvalue weighted by Crippen LogP contribution is -2.45. The summed E-state index contributed by atoms with van der Waals surface area (Å²) in [6.07, 6.45) is 3.44. The molecule has 0 saturated carbocycles. The summed E-state index contributed by atoms with van der Waals surface area (Å²) in [7, 11) is 0. The molecule has 1 aromatic carbocycles. The number of aliphatic hydroxyl groups is 1. The van der Waals surface area contributed by atoms with Crippen molar-refractivity contribution in [2.75, 3.05) is 5.73 Å². The molecule has 0 amide bonds. The maximum absolute atomic E-state index is 11.7. The Morgan fingerprint density at radius 2 is 1.90 bits per heavy atom. The van der Waals surface area contributed by atoms with Gasteiger partial charge in [-0.2, -0.15) is 0 Å². The van der Waals surface area contributed by atoms with Gasteiger partial charge in [-0.25, -0.2) is 9.97 Å². The number of rotatable bonds is 3. The van der Waals surface area contributed by atoms with E-state index >= 15 is 0 Å². The number of benzene rings is 1. The summed E-state index contributed by atoms with van der Waals surface area (Å²) >= 11 is 0. The molecule has 2 aromatic heterocycles. The van der Waals surface area contributed by atoms with E-state index in [1.165, 1.54) is 17.5 Å². The number of nitrogens with zero attached hydrogens (tertiary/aromatic N) is 3. The van der Waals surface area contributed by atoms with Crippen LogP contribution in [0.25, 0.3) is 11.0 Å². The summed E-state index contributed by atoms with van der Waals surface area (Å²) in [6.45, 7) is 5.56. The van der Waals surface area contributed by atoms with Crippen LogP contribution in [0, 0.1) is 0 Å². The van der Waals surface area contributed by atoms with Crippen molar-refractivity contribution in [1.82, 2.24) is 14.5 Å². The maximum atomic E-state index is 11.7. The van der Waals surface area contributed by atoms with Gasteiger partial charge in [0.05, 0.1) is 5.39 Å². The third-order valence-corrected chi connectivity index (χ3v) is 6.85. The first-order valence-corrected chi connectivity index (χ1v) is 10.7. The van der Waals surface area contributed by atoms with E-state index in [4.69, 9.17) is 19.9 Å². The summed E-state index contributed by atoms with van der Waals surface area (Å²) in [4.78, 5) is 8.47. The number of ether oxygens (including phenoxy) is 3. The van der Waals surface area contributed by atoms with Crippen LogP contribution in [-0.4, -0.2) is 43.7 Å². The maximum Gasteiger partial charge on any atom is 0.164 e. The molecule has 162 valence electrons. The first kappa shape index (κ1) is 19.2. The topological polar surface area (TPSA) is 105 Å². The summed E-state index contributed by atoms with van der Waals surface area (Å²) < 4.78 is 20.9. The molecular formula is C23H26N4O4. The fraction of sp³-hybridized carbons (Fsp3) is 0.478. The van der Waals surface area contributed by atoms with Crippen LogP contribution < -0.4 is 5.73 Å². The Hall–Kier alpha value is -2.52. The van der Waals surface area contributed by atoms with Crippen LogP contribution in [0.4, 0.5) is 5.82 Å². The third kappa shape index (κ3) is 2.75. The Bertz CT molecular complexity index is 1190. The average Bonchev–Trinajstić information content (AvgIpc) is 3.34. The highest BCUT2D eigenvalue weighted by molar-refractivity contribution is 5.86. The van der Waals surface area contributed by atoms with E-state index in [2.05, 4.69) is 22.1 Å². The Morgan fingerprint density at radius 3 is 2.65 bits per heavy atom. The number of nitrogen functional groups attached to an aromatic ring is 1. The van der Waals surface area contributed by atoms with E-state index in [1.807, 2.05) is 36.7 Å². The quantitative estimate of drug-likeness (QED) is 0.668. The molecule has 3 N–H and O–H groups in total. The van der Waals surface area contributed by atoms with E-state index in [0.29, 0.717) is 11.5 Å². The van der Waals surface area contributed by atoms with Gasteiger partial charge in [0.1, 0.15) is 41.7 Å². The van der Waals surface area contributed by atoms with Crippen molar-refractivity contribution in [2.24, 2.45) is 0 Å². The van der Waals surface area contributed by atoms with Crippen molar-refractivity contribution < 1.29 is 19.3 Å². The van der Waals surface area contributed by atoms with Crippen molar-refractivity contribution >= 4 is 16.9 Å². The van der Waals surface area contributed by atoms with Crippen molar-refractivity contribution in [3.63, 3.8) is 0 Å². The fourth-order valence-electron chi connectivity index (χ4n) is 5.12. The smallest absolute Gasteiger partial charge is 0.164 e. The minimum absolute atomic E-state index is 0.410. The van der Waals surface area contributed by atoms with Crippen molar-refractivity contribution in [3.05, 3.63) is 53.5 Å². The Morgan fingerprint density at radius 1 is 1.13 bits per heavy atom. The van der Waals surface area contributed by atoms with Crippen LogP contribution in [0.15, 0.2) is 36.8 Å². The molecule has 0 spiro atoms. The van der Waals surface area contributed by atoms with E-state index in [1.54, 1.807) is 6.92 Å². The monoisotopic (exact) mass is 422 g/mol. The molecule has 3 aliphatic rings. The Kier molecular flexibility index (Phi) is 3.87. The molecule has 8 heteroatoms. The molecule has 0 radical (unpaired) electrons. The highest BCUT2D eigenvalue weighted by Crippen LogP contribution is 2.49. The van der Waals surface area contributed by atoms with Gasteiger partial charge in [-0.3, -0.25) is 0 Å². The molecule has 6 rings (SSSR count). The minimum Gasteiger partial charge on any atom is -0.383 e. The number of anilines is 1. The number of aryl methyl sites for hydroxylation is 2. The van der Waals surface area contributed by atoms with Crippen LogP contribution in [0.5, 0.6) is 0 Å². The number of hydrogen-bond acceptors (Lipinski definition) is 7. The van der Waals surface area contributed by atoms with Gasteiger partial charge < -0.3 is 29.6 Å². The number of fused-ring (bicyclic) bond motifs is 3. The summed E-state index contributed by atoms with van der Waals surface area (Å²) in [6, 6.07) is 8.04. The zero-order valence-corrected chi connectivity index (χ0v) is 17.8. The molecule has 2 fully saturated rings. The fourth-order valence-corrected chi connectivity index (χ4v) is 5.12. The molecular weight excluding hydrogens is 396 g/mol. The lowest BCUT2D eigenvalue weighted by atomic mass is 9.81. The molecule has 2 aliphatic heterocycles. The predicted molar refractivity (Wildman–Crippen MR) is 113 cm³/mol. The van der Waals surface area contributed by atoms with Gasteiger partial charge in [0.25, 0.3) is 0 Å². The first-order chi connectivity index (χ1) is 14.7. The number of hydrogen-bond donors (Lipinski definition) is 2. The lowest BCUT2D eigenvalue weighted by Gasteiger charge is -2.35. The van der Waals surface area contributed by atoms with E-state index in [-0.39, 0.29) is 0 Å². The SMILES string of the molecule is CC1(C)O[C@@H]2[C@H](O1)[C@@H](C(C)(O)c1ccc3c(c1)CC3)O[C@H]2n1ccc2c(N)ncnc21. The molecule has 4 heterocycles. The largest absolute Gasteiger partial charge is 0.383 e. The predicted octanol–water partition coefficient (Wildman–Crippen LogP) is 2.44. The van der Waals surface area contributed by atoms with Crippen LogP contribution in [-0.2, 0) is 32.7 Å². The van der Waals surface area contributed by atoms with E-state index in [9.17, 15) is 5.11 Å². The Labute approximate surface area is 180 Å². The highest BCUT2D eigenvalue weighted by Gasteiger charge is 2.60. The van der Waals surface area contributed by atoms with Crippen LogP contribution >= 0.6 is 0 Å². The van der Waals surface area contributed by atoms with Gasteiger partial charge in [0.15, 0.2) is 12.0 Å². The van der Waals surface area contributed by atoms with Gasteiger partial charge >= 0.3 is 0 Å². The second kappa shape index (κ2) is 6.26. The molecule has 0 bridgehead atoms. The van der Waals surface area contributed by atoms with Gasteiger partial charge in [0, 0.05) is 6.20 Å². The molecule has 31 heavy (non-hydrogen) atoms. The molecule has 3 aromatic rings. The first-order valence-electron chi connectivity index (χ1n) is 10.7. The lowest BCUT2D eigenvalue weighted by molar-refractivity contribution is -0.221. The van der Waals surface area contributed by atoms with Gasteiger partial charge in [-0.1, -0.05) is 18.2 Å². The second-order valence-electron chi connectivity index (χ2n) is 9.36. The zero-order chi connectivity index (χ0) is 21.5. The Balaban J connectivity index is 1.42. The van der Waals surface area contributed by atoms with Gasteiger partial charge in [0.2, 0.25) is 0 Å². The average molecular weight is 422 g/mol. The molecule has 1 unspecified atom stereocenters. The number of nitrogens with two attached hydrogens (primary N) is 1. The zero-order valence-electron chi connectivity index (χ0n) is 17.8. The van der Waals surface area contributed by atoms with E-state index in [0.717, 1.165) is 23.8 Å². The number of aromatic nitrogens is 3. The van der Waals surface area contributed by atoms with E-state index < -0.39 is 35.9 Å². The van der Waals surface area contributed by atoms with Crippen LogP contribution in [0.3, 0.4) is 0 Å². The van der Waals surface area contributed by atoms with Crippen molar-refractivity contribution in [2.45, 2.75) is 69.5 Å². The van der Waals surface area contributed by atoms with Crippen LogP contribution in [0.2, 0.25) is 0 Å². The van der Waals surface area contributed by atoms with Gasteiger partial charge in [-0.05, 0) is 56.4 Å². The van der Waals surface area contributed by atoms with Gasteiger partial charge in [-0.15, -0.1) is 0 Å². The second-order valence-corrected chi connectivity index (χ2v) is 9.36. The molecule has 5 atom stereocenters. The summed E-state index contributed by atoms with van der Waals surface area (Å²) in [5.41, 5.74) is 8.88. The molecule has 8 nitrogen and oxygen atoms in total. The van der Waals surface area contributed by atoms with Crippen molar-refractivity contribution in [1.29, 1.82) is 0 Å². The third-order valence-electron chi connectivity index (χ3n) is 6.85. The normalized spacial score (nSPS) is 30.6. The molecule has 2 saturated heterocycles. The standard InChI is InChI=1S/C23H26N4O4/c1-22(2)30-16-17(31-22)21(27-9-8-15-19(24)25-11-26-20(15)27)29-18(16)23(3,28)14-7-6-12-4-5-13(12)10-14/h6-11,16-18,21,28H,4-5H2,1-3H3,(H2,24,25,26)/t16-,17+,18-,21+,23?/m0/s1. The summed E-state index contributed by atoms with van der Waals surface area (Å²) in [5, 5.41) is 12.4.